The van der Waals surface area contributed by atoms with Gasteiger partial charge in [-0.2, -0.15) is 0 Å². The number of aliphatic carboxylic acids is 1. The first-order valence-corrected chi connectivity index (χ1v) is 15.7. The van der Waals surface area contributed by atoms with E-state index < -0.39 is 24.5 Å². The van der Waals surface area contributed by atoms with Crippen LogP contribution in [-0.4, -0.2) is 59.3 Å². The van der Waals surface area contributed by atoms with Gasteiger partial charge in [-0.1, -0.05) is 83.4 Å². The molecule has 0 fully saturated rings. The molecule has 0 saturated heterocycles. The number of nitrogens with one attached hydrogen (secondary N) is 2. The van der Waals surface area contributed by atoms with Crippen LogP contribution in [0, 0.1) is 0 Å². The molecule has 4 N–H and O–H groups in total. The molecule has 0 aliphatic heterocycles. The summed E-state index contributed by atoms with van der Waals surface area (Å²) in [7, 11) is 0. The molecule has 0 aliphatic carbocycles. The van der Waals surface area contributed by atoms with Crippen molar-refractivity contribution in [3.05, 3.63) is 24.3 Å². The second-order valence-corrected chi connectivity index (χ2v) is 10.5. The molecule has 9 heteroatoms. The van der Waals surface area contributed by atoms with Gasteiger partial charge in [-0.25, -0.2) is 4.79 Å². The quantitative estimate of drug-likeness (QED) is 0.0550. The zero-order valence-electron chi connectivity index (χ0n) is 25.5. The van der Waals surface area contributed by atoms with Crippen molar-refractivity contribution in [1.82, 2.24) is 10.6 Å². The van der Waals surface area contributed by atoms with E-state index in [1.54, 1.807) is 0 Å². The highest BCUT2D eigenvalue weighted by molar-refractivity contribution is 5.87. The smallest absolute Gasteiger partial charge is 0.328 e. The van der Waals surface area contributed by atoms with Crippen molar-refractivity contribution in [3.8, 4) is 0 Å². The summed E-state index contributed by atoms with van der Waals surface area (Å²) in [4.78, 5) is 46.8. The summed E-state index contributed by atoms with van der Waals surface area (Å²) in [5.41, 5.74) is 0. The van der Waals surface area contributed by atoms with Crippen LogP contribution in [0.3, 0.4) is 0 Å². The first-order chi connectivity index (χ1) is 19.8. The number of unbranched alkanes of at least 4 members (excludes halogenated alkanes) is 11. The number of rotatable bonds is 27. The molecule has 2 amide bonds. The molecule has 41 heavy (non-hydrogen) atoms. The number of hydrogen-bond donors (Lipinski definition) is 4. The normalized spacial score (nSPS) is 12.9. The lowest BCUT2D eigenvalue weighted by atomic mass is 10.1. The summed E-state index contributed by atoms with van der Waals surface area (Å²) in [6, 6.07) is -1.39. The third kappa shape index (κ3) is 24.8. The minimum absolute atomic E-state index is 0.135. The van der Waals surface area contributed by atoms with Gasteiger partial charge in [0.05, 0.1) is 13.2 Å². The summed E-state index contributed by atoms with van der Waals surface area (Å²) >= 11 is 0. The SMILES string of the molecule is CCC/C=C\C(CCCCCCC(=O)NCC(=O)NC(CO)C(=O)O)OC(=O)CCCCCCC/C=C\CCCC. The van der Waals surface area contributed by atoms with Crippen LogP contribution >= 0.6 is 0 Å². The van der Waals surface area contributed by atoms with E-state index in [-0.39, 0.29) is 30.9 Å². The van der Waals surface area contributed by atoms with Crippen LogP contribution in [-0.2, 0) is 23.9 Å². The lowest BCUT2D eigenvalue weighted by Crippen LogP contribution is -2.47. The van der Waals surface area contributed by atoms with Crippen LogP contribution < -0.4 is 10.6 Å². The van der Waals surface area contributed by atoms with Crippen LogP contribution in [0.5, 0.6) is 0 Å². The maximum absolute atomic E-state index is 12.4. The second-order valence-electron chi connectivity index (χ2n) is 10.5. The number of amides is 2. The Balaban J connectivity index is 4.07. The zero-order chi connectivity index (χ0) is 30.6. The van der Waals surface area contributed by atoms with Gasteiger partial charge in [0.1, 0.15) is 12.1 Å². The second kappa shape index (κ2) is 27.5. The van der Waals surface area contributed by atoms with Gasteiger partial charge in [-0.05, 0) is 57.4 Å². The molecule has 0 bridgehead atoms. The van der Waals surface area contributed by atoms with Gasteiger partial charge < -0.3 is 25.6 Å². The van der Waals surface area contributed by atoms with Crippen LogP contribution in [0.2, 0.25) is 0 Å². The van der Waals surface area contributed by atoms with Crippen LogP contribution in [0.15, 0.2) is 24.3 Å². The minimum Gasteiger partial charge on any atom is -0.480 e. The lowest BCUT2D eigenvalue weighted by Gasteiger charge is -2.15. The summed E-state index contributed by atoms with van der Waals surface area (Å²) in [6.07, 6.45) is 25.5. The molecule has 0 saturated carbocycles. The highest BCUT2D eigenvalue weighted by atomic mass is 16.5. The fraction of sp³-hybridized carbons (Fsp3) is 0.750. The molecule has 0 rings (SSSR count). The number of carbonyl (C=O) groups is 4. The molecule has 0 radical (unpaired) electrons. The Morgan fingerprint density at radius 3 is 2.02 bits per heavy atom. The predicted molar refractivity (Wildman–Crippen MR) is 162 cm³/mol. The maximum Gasteiger partial charge on any atom is 0.328 e. The van der Waals surface area contributed by atoms with Crippen molar-refractivity contribution < 1.29 is 34.1 Å². The number of esters is 1. The average molecular weight is 581 g/mol. The summed E-state index contributed by atoms with van der Waals surface area (Å²) < 4.78 is 5.75. The Kier molecular flexibility index (Phi) is 25.7. The number of allylic oxidation sites excluding steroid dienone is 3. The Bertz CT molecular complexity index is 767. The van der Waals surface area contributed by atoms with Crippen molar-refractivity contribution in [2.45, 2.75) is 142 Å². The lowest BCUT2D eigenvalue weighted by molar-refractivity contribution is -0.147. The molecule has 0 aliphatic rings. The Morgan fingerprint density at radius 1 is 0.732 bits per heavy atom. The van der Waals surface area contributed by atoms with E-state index >= 15 is 0 Å². The zero-order valence-corrected chi connectivity index (χ0v) is 25.5. The number of carboxylic acids is 1. The fourth-order valence-electron chi connectivity index (χ4n) is 4.14. The molecule has 0 aromatic carbocycles. The largest absolute Gasteiger partial charge is 0.480 e. The monoisotopic (exact) mass is 580 g/mol. The molecular weight excluding hydrogens is 524 g/mol. The summed E-state index contributed by atoms with van der Waals surface area (Å²) in [6.45, 7) is 3.26. The van der Waals surface area contributed by atoms with Crippen LogP contribution in [0.4, 0.5) is 0 Å². The van der Waals surface area contributed by atoms with Gasteiger partial charge in [0.15, 0.2) is 0 Å². The van der Waals surface area contributed by atoms with E-state index in [1.807, 2.05) is 6.08 Å². The highest BCUT2D eigenvalue weighted by Gasteiger charge is 2.18. The van der Waals surface area contributed by atoms with Crippen LogP contribution in [0.1, 0.15) is 129 Å². The minimum atomic E-state index is -1.39. The summed E-state index contributed by atoms with van der Waals surface area (Å²) in [5, 5.41) is 22.3. The van der Waals surface area contributed by atoms with Gasteiger partial charge in [0, 0.05) is 12.8 Å². The van der Waals surface area contributed by atoms with E-state index in [9.17, 15) is 19.2 Å². The van der Waals surface area contributed by atoms with E-state index in [4.69, 9.17) is 14.9 Å². The molecule has 0 heterocycles. The third-order valence-corrected chi connectivity index (χ3v) is 6.64. The Labute approximate surface area is 247 Å². The van der Waals surface area contributed by atoms with Gasteiger partial charge in [0.2, 0.25) is 11.8 Å². The molecular formula is C32H56N2O7. The Hall–Kier alpha value is -2.68. The van der Waals surface area contributed by atoms with Gasteiger partial charge >= 0.3 is 11.9 Å². The molecule has 2 unspecified atom stereocenters. The number of aliphatic hydroxyl groups is 1. The van der Waals surface area contributed by atoms with E-state index in [1.165, 1.54) is 32.1 Å². The average Bonchev–Trinajstić information content (AvgIpc) is 2.95. The first kappa shape index (κ1) is 38.3. The van der Waals surface area contributed by atoms with Crippen molar-refractivity contribution in [2.75, 3.05) is 13.2 Å². The standard InChI is InChI=1S/C32H56N2O7/c1-3-5-7-8-9-10-11-12-13-14-20-24-31(38)41-27(21-17-6-4-2)22-18-15-16-19-23-29(36)33-25-30(37)34-28(26-35)32(39)40/h8-9,17,21,27-28,35H,3-7,10-16,18-20,22-26H2,1-2H3,(H,33,36)(H,34,37)(H,39,40)/b9-8-,21-17-. The molecule has 2 atom stereocenters. The van der Waals surface area contributed by atoms with Crippen molar-refractivity contribution in [3.63, 3.8) is 0 Å². The third-order valence-electron chi connectivity index (χ3n) is 6.64. The van der Waals surface area contributed by atoms with E-state index in [2.05, 4.69) is 42.7 Å². The van der Waals surface area contributed by atoms with Crippen LogP contribution in [0.25, 0.3) is 0 Å². The number of ether oxygens (including phenoxy) is 1. The Morgan fingerprint density at radius 2 is 1.37 bits per heavy atom. The van der Waals surface area contributed by atoms with E-state index in [0.29, 0.717) is 12.8 Å². The van der Waals surface area contributed by atoms with Gasteiger partial charge in [0.25, 0.3) is 0 Å². The highest BCUT2D eigenvalue weighted by Crippen LogP contribution is 2.14. The summed E-state index contributed by atoms with van der Waals surface area (Å²) in [5.74, 6) is -2.43. The van der Waals surface area contributed by atoms with Gasteiger partial charge in [-0.15, -0.1) is 0 Å². The van der Waals surface area contributed by atoms with Gasteiger partial charge in [-0.3, -0.25) is 14.4 Å². The molecule has 0 aromatic rings. The topological polar surface area (TPSA) is 142 Å². The first-order valence-electron chi connectivity index (χ1n) is 15.7. The molecule has 236 valence electrons. The molecule has 9 nitrogen and oxygen atoms in total. The van der Waals surface area contributed by atoms with E-state index in [0.717, 1.165) is 64.2 Å². The number of hydrogen-bond acceptors (Lipinski definition) is 6. The molecule has 0 spiro atoms. The van der Waals surface area contributed by atoms with Crippen molar-refractivity contribution in [1.29, 1.82) is 0 Å². The number of aliphatic hydroxyl groups excluding tert-OH is 1. The molecule has 0 aromatic heterocycles. The number of carbonyl (C=O) groups excluding carboxylic acids is 3. The predicted octanol–water partition coefficient (Wildman–Crippen LogP) is 5.75. The number of carboxylic acid groups (broad SMARTS) is 1. The van der Waals surface area contributed by atoms with Crippen molar-refractivity contribution in [2.24, 2.45) is 0 Å². The fourth-order valence-corrected chi connectivity index (χ4v) is 4.14. The van der Waals surface area contributed by atoms with Crippen molar-refractivity contribution >= 4 is 23.8 Å². The maximum atomic E-state index is 12.4.